The summed E-state index contributed by atoms with van der Waals surface area (Å²) in [7, 11) is 1.39. The number of rotatable bonds is 3. The Morgan fingerprint density at radius 3 is 2.50 bits per heavy atom. The van der Waals surface area contributed by atoms with Gasteiger partial charge in [-0.2, -0.15) is 0 Å². The molecule has 8 heteroatoms. The fourth-order valence-corrected chi connectivity index (χ4v) is 4.61. The number of fused-ring (bicyclic) bond motifs is 1. The molecule has 1 aliphatic heterocycles. The van der Waals surface area contributed by atoms with Crippen molar-refractivity contribution in [1.29, 1.82) is 0 Å². The van der Waals surface area contributed by atoms with Crippen molar-refractivity contribution in [2.24, 2.45) is 5.92 Å². The molecule has 0 aliphatic carbocycles. The monoisotopic (exact) mass is 401 g/mol. The highest BCUT2D eigenvalue weighted by molar-refractivity contribution is 7.19. The highest BCUT2D eigenvalue weighted by Crippen LogP contribution is 2.29. The summed E-state index contributed by atoms with van der Waals surface area (Å²) in [6.45, 7) is 2.98. The van der Waals surface area contributed by atoms with Crippen molar-refractivity contribution in [3.8, 4) is 11.3 Å². The van der Waals surface area contributed by atoms with Crippen molar-refractivity contribution in [3.05, 3.63) is 46.9 Å². The van der Waals surface area contributed by atoms with E-state index in [2.05, 4.69) is 4.98 Å². The van der Waals surface area contributed by atoms with Crippen molar-refractivity contribution < 1.29 is 18.7 Å². The molecule has 3 aromatic rings. The van der Waals surface area contributed by atoms with Gasteiger partial charge >= 0.3 is 5.97 Å². The molecule has 0 unspecified atom stereocenters. The zero-order valence-corrected chi connectivity index (χ0v) is 16.5. The molecule has 0 radical (unpaired) electrons. The molecule has 1 aliphatic rings. The number of benzene rings is 1. The number of imidazole rings is 1. The van der Waals surface area contributed by atoms with E-state index >= 15 is 0 Å². The Morgan fingerprint density at radius 1 is 1.21 bits per heavy atom. The van der Waals surface area contributed by atoms with E-state index in [0.717, 1.165) is 21.9 Å². The lowest BCUT2D eigenvalue weighted by Crippen LogP contribution is -2.40. The Labute approximate surface area is 165 Å². The lowest BCUT2D eigenvalue weighted by Gasteiger charge is -2.30. The minimum atomic E-state index is -0.287. The van der Waals surface area contributed by atoms with Crippen LogP contribution in [0.3, 0.4) is 0 Å². The Morgan fingerprint density at radius 2 is 1.89 bits per heavy atom. The summed E-state index contributed by atoms with van der Waals surface area (Å²) in [5.41, 5.74) is 2.41. The molecule has 0 bridgehead atoms. The maximum absolute atomic E-state index is 13.1. The Hall–Kier alpha value is -2.74. The van der Waals surface area contributed by atoms with Gasteiger partial charge in [0.1, 0.15) is 10.7 Å². The first-order chi connectivity index (χ1) is 13.5. The molecule has 1 aromatic carbocycles. The highest BCUT2D eigenvalue weighted by Gasteiger charge is 2.30. The number of likely N-dealkylation sites (tertiary alicyclic amines) is 1. The summed E-state index contributed by atoms with van der Waals surface area (Å²) < 4.78 is 19.8. The fourth-order valence-electron chi connectivity index (χ4n) is 3.54. The summed E-state index contributed by atoms with van der Waals surface area (Å²) in [6, 6.07) is 6.19. The minimum Gasteiger partial charge on any atom is -0.469 e. The van der Waals surface area contributed by atoms with Crippen molar-refractivity contribution in [1.82, 2.24) is 14.3 Å². The third-order valence-corrected chi connectivity index (χ3v) is 6.35. The molecule has 0 atom stereocenters. The molecule has 28 heavy (non-hydrogen) atoms. The fraction of sp³-hybridized carbons (Fsp3) is 0.350. The molecule has 0 N–H and O–H groups in total. The zero-order chi connectivity index (χ0) is 19.8. The standard InChI is InChI=1S/C20H20FN3O3S/c1-12-17(18(25)23-9-7-14(8-10-23)19(26)27-2)28-20-22-16(11-24(12)20)13-3-5-15(21)6-4-13/h3-6,11,14H,7-10H2,1-2H3. The van der Waals surface area contributed by atoms with Crippen LogP contribution in [-0.4, -0.2) is 46.4 Å². The van der Waals surface area contributed by atoms with Crippen LogP contribution in [0.1, 0.15) is 28.2 Å². The van der Waals surface area contributed by atoms with Gasteiger partial charge in [0.2, 0.25) is 0 Å². The first-order valence-electron chi connectivity index (χ1n) is 9.09. The van der Waals surface area contributed by atoms with Crippen LogP contribution in [0.25, 0.3) is 16.2 Å². The molecule has 1 saturated heterocycles. The van der Waals surface area contributed by atoms with E-state index in [-0.39, 0.29) is 23.6 Å². The van der Waals surface area contributed by atoms with Crippen LogP contribution in [0.5, 0.6) is 0 Å². The second-order valence-electron chi connectivity index (χ2n) is 6.89. The average Bonchev–Trinajstić information content (AvgIpc) is 3.27. The maximum Gasteiger partial charge on any atom is 0.308 e. The van der Waals surface area contributed by atoms with E-state index in [1.54, 1.807) is 17.0 Å². The quantitative estimate of drug-likeness (QED) is 0.630. The van der Waals surface area contributed by atoms with Crippen LogP contribution in [0.2, 0.25) is 0 Å². The number of carbonyl (C=O) groups is 2. The molecule has 1 fully saturated rings. The lowest BCUT2D eigenvalue weighted by molar-refractivity contribution is -0.146. The summed E-state index contributed by atoms with van der Waals surface area (Å²) >= 11 is 1.35. The van der Waals surface area contributed by atoms with Gasteiger partial charge in [-0.3, -0.25) is 14.0 Å². The van der Waals surface area contributed by atoms with Gasteiger partial charge in [0.15, 0.2) is 4.96 Å². The van der Waals surface area contributed by atoms with E-state index in [4.69, 9.17) is 4.74 Å². The molecule has 0 spiro atoms. The van der Waals surface area contributed by atoms with Gasteiger partial charge in [0.05, 0.1) is 18.7 Å². The van der Waals surface area contributed by atoms with Crippen LogP contribution < -0.4 is 0 Å². The van der Waals surface area contributed by atoms with Gasteiger partial charge in [-0.25, -0.2) is 9.37 Å². The van der Waals surface area contributed by atoms with E-state index in [1.165, 1.54) is 30.6 Å². The Balaban J connectivity index is 1.54. The third kappa shape index (κ3) is 3.28. The molecular weight excluding hydrogens is 381 g/mol. The van der Waals surface area contributed by atoms with Gasteiger partial charge in [-0.05, 0) is 44.0 Å². The van der Waals surface area contributed by atoms with Gasteiger partial charge in [0.25, 0.3) is 5.91 Å². The van der Waals surface area contributed by atoms with Crippen molar-refractivity contribution in [2.45, 2.75) is 19.8 Å². The largest absolute Gasteiger partial charge is 0.469 e. The van der Waals surface area contributed by atoms with Crippen LogP contribution in [0, 0.1) is 18.7 Å². The van der Waals surface area contributed by atoms with Gasteiger partial charge in [0, 0.05) is 30.5 Å². The second-order valence-corrected chi connectivity index (χ2v) is 7.87. The Kier molecular flexibility index (Phi) is 4.89. The van der Waals surface area contributed by atoms with Crippen LogP contribution in [0.4, 0.5) is 4.39 Å². The third-order valence-electron chi connectivity index (χ3n) is 5.21. The second kappa shape index (κ2) is 7.35. The van der Waals surface area contributed by atoms with Crippen molar-refractivity contribution in [2.75, 3.05) is 20.2 Å². The summed E-state index contributed by atoms with van der Waals surface area (Å²) in [5.74, 6) is -0.648. The summed E-state index contributed by atoms with van der Waals surface area (Å²) in [5, 5.41) is 0. The number of ether oxygens (including phenoxy) is 1. The molecular formula is C20H20FN3O3S. The van der Waals surface area contributed by atoms with Gasteiger partial charge < -0.3 is 9.64 Å². The number of aromatic nitrogens is 2. The van der Waals surface area contributed by atoms with Crippen molar-refractivity contribution in [3.63, 3.8) is 0 Å². The number of hydrogen-bond acceptors (Lipinski definition) is 5. The van der Waals surface area contributed by atoms with Gasteiger partial charge in [-0.15, -0.1) is 0 Å². The predicted molar refractivity (Wildman–Crippen MR) is 104 cm³/mol. The SMILES string of the molecule is COC(=O)C1CCN(C(=O)c2sc3nc(-c4ccc(F)cc4)cn3c2C)CC1. The lowest BCUT2D eigenvalue weighted by atomic mass is 9.97. The molecule has 4 rings (SSSR count). The summed E-state index contributed by atoms with van der Waals surface area (Å²) in [6.07, 6.45) is 3.11. The number of carbonyl (C=O) groups excluding carboxylic acids is 2. The Bertz CT molecular complexity index is 1030. The molecule has 1 amide bonds. The van der Waals surface area contributed by atoms with Gasteiger partial charge in [-0.1, -0.05) is 11.3 Å². The van der Waals surface area contributed by atoms with Crippen molar-refractivity contribution >= 4 is 28.2 Å². The normalized spacial score (nSPS) is 15.2. The highest BCUT2D eigenvalue weighted by atomic mass is 32.1. The first-order valence-corrected chi connectivity index (χ1v) is 9.91. The number of esters is 1. The predicted octanol–water partition coefficient (Wildman–Crippen LogP) is 3.54. The number of piperidine rings is 1. The maximum atomic E-state index is 13.1. The minimum absolute atomic E-state index is 0.0281. The number of amides is 1. The van der Waals surface area contributed by atoms with E-state index in [9.17, 15) is 14.0 Å². The number of thiazole rings is 1. The van der Waals surface area contributed by atoms with E-state index in [0.29, 0.717) is 30.8 Å². The first kappa shape index (κ1) is 18.6. The molecule has 3 heterocycles. The number of nitrogens with zero attached hydrogens (tertiary/aromatic N) is 3. The van der Waals surface area contributed by atoms with Crippen LogP contribution in [0.15, 0.2) is 30.5 Å². The number of hydrogen-bond donors (Lipinski definition) is 0. The van der Waals surface area contributed by atoms with Crippen LogP contribution in [-0.2, 0) is 9.53 Å². The molecule has 0 saturated carbocycles. The topological polar surface area (TPSA) is 63.9 Å². The molecule has 2 aromatic heterocycles. The number of halogens is 1. The smallest absolute Gasteiger partial charge is 0.308 e. The van der Waals surface area contributed by atoms with Crippen LogP contribution >= 0.6 is 11.3 Å². The number of aryl methyl sites for hydroxylation is 1. The zero-order valence-electron chi connectivity index (χ0n) is 15.6. The molecule has 146 valence electrons. The summed E-state index contributed by atoms with van der Waals surface area (Å²) in [4.78, 5) is 32.4. The molecule has 6 nitrogen and oxygen atoms in total. The van der Waals surface area contributed by atoms with E-state index in [1.807, 2.05) is 17.5 Å². The average molecular weight is 401 g/mol. The number of methoxy groups -OCH3 is 1. The van der Waals surface area contributed by atoms with E-state index < -0.39 is 0 Å².